The summed E-state index contributed by atoms with van der Waals surface area (Å²) in [5.74, 6) is 1.32. The standard InChI is InChI=1S/C20H25N3O/c1-22(20(24)16-6-7-16)14-15-9-12-23(13-10-15)19-8-11-21-18-5-3-2-4-17(18)19/h2-5,8,11,15-16H,6-7,9-10,12-14H2,1H3. The third-order valence-corrected chi connectivity index (χ3v) is 5.42. The third-order valence-electron chi connectivity index (χ3n) is 5.42. The zero-order chi connectivity index (χ0) is 16.5. The van der Waals surface area contributed by atoms with E-state index in [1.165, 1.54) is 11.1 Å². The second kappa shape index (κ2) is 6.42. The maximum Gasteiger partial charge on any atom is 0.225 e. The van der Waals surface area contributed by atoms with E-state index in [1.54, 1.807) is 0 Å². The first-order valence-electron chi connectivity index (χ1n) is 9.06. The largest absolute Gasteiger partial charge is 0.371 e. The Bertz CT molecular complexity index is 727. The van der Waals surface area contributed by atoms with Crippen molar-refractivity contribution in [3.8, 4) is 0 Å². The van der Waals surface area contributed by atoms with Gasteiger partial charge in [0.25, 0.3) is 0 Å². The molecule has 1 aromatic heterocycles. The number of nitrogens with zero attached hydrogens (tertiary/aromatic N) is 3. The topological polar surface area (TPSA) is 36.4 Å². The van der Waals surface area contributed by atoms with Crippen molar-refractivity contribution in [1.29, 1.82) is 0 Å². The quantitative estimate of drug-likeness (QED) is 0.866. The van der Waals surface area contributed by atoms with Crippen LogP contribution < -0.4 is 4.90 Å². The lowest BCUT2D eigenvalue weighted by Gasteiger charge is -2.35. The fourth-order valence-corrected chi connectivity index (χ4v) is 3.83. The Hall–Kier alpha value is -2.10. The average molecular weight is 323 g/mol. The molecule has 1 aromatic carbocycles. The van der Waals surface area contributed by atoms with Gasteiger partial charge in [0.15, 0.2) is 0 Å². The lowest BCUT2D eigenvalue weighted by atomic mass is 9.95. The molecule has 4 heteroatoms. The number of hydrogen-bond acceptors (Lipinski definition) is 3. The highest BCUT2D eigenvalue weighted by Crippen LogP contribution is 2.32. The van der Waals surface area contributed by atoms with Crippen LogP contribution in [0.1, 0.15) is 25.7 Å². The molecule has 4 nitrogen and oxygen atoms in total. The maximum atomic E-state index is 12.1. The van der Waals surface area contributed by atoms with Crippen LogP contribution in [-0.4, -0.2) is 42.5 Å². The average Bonchev–Trinajstić information content (AvgIpc) is 3.46. The Morgan fingerprint density at radius 2 is 1.92 bits per heavy atom. The minimum atomic E-state index is 0.332. The Morgan fingerprint density at radius 1 is 1.17 bits per heavy atom. The number of rotatable bonds is 4. The molecule has 0 radical (unpaired) electrons. The fraction of sp³-hybridized carbons (Fsp3) is 0.500. The van der Waals surface area contributed by atoms with Gasteiger partial charge in [0.05, 0.1) is 5.52 Å². The van der Waals surface area contributed by atoms with Gasteiger partial charge >= 0.3 is 0 Å². The second-order valence-corrected chi connectivity index (χ2v) is 7.27. The number of anilines is 1. The summed E-state index contributed by atoms with van der Waals surface area (Å²) in [6.45, 7) is 3.04. The van der Waals surface area contributed by atoms with Crippen molar-refractivity contribution in [2.75, 3.05) is 31.6 Å². The Morgan fingerprint density at radius 3 is 2.67 bits per heavy atom. The zero-order valence-corrected chi connectivity index (χ0v) is 14.3. The van der Waals surface area contributed by atoms with Crippen LogP contribution in [0.2, 0.25) is 0 Å². The van der Waals surface area contributed by atoms with Gasteiger partial charge in [-0.05, 0) is 43.7 Å². The molecule has 0 spiro atoms. The SMILES string of the molecule is CN(CC1CCN(c2ccnc3ccccc23)CC1)C(=O)C1CC1. The number of carbonyl (C=O) groups is 1. The summed E-state index contributed by atoms with van der Waals surface area (Å²) in [6, 6.07) is 10.5. The van der Waals surface area contributed by atoms with Crippen LogP contribution in [0.25, 0.3) is 10.9 Å². The molecule has 0 N–H and O–H groups in total. The minimum Gasteiger partial charge on any atom is -0.371 e. The zero-order valence-electron chi connectivity index (χ0n) is 14.3. The highest BCUT2D eigenvalue weighted by atomic mass is 16.2. The predicted octanol–water partition coefficient (Wildman–Crippen LogP) is 3.32. The van der Waals surface area contributed by atoms with Gasteiger partial charge in [0.1, 0.15) is 0 Å². The molecule has 1 saturated carbocycles. The summed E-state index contributed by atoms with van der Waals surface area (Å²) in [6.07, 6.45) is 6.40. The first kappa shape index (κ1) is 15.4. The van der Waals surface area contributed by atoms with Crippen LogP contribution in [0.4, 0.5) is 5.69 Å². The molecule has 1 aliphatic heterocycles. The Labute approximate surface area is 143 Å². The number of pyridine rings is 1. The lowest BCUT2D eigenvalue weighted by molar-refractivity contribution is -0.131. The third kappa shape index (κ3) is 3.10. The number of piperidine rings is 1. The van der Waals surface area contributed by atoms with Crippen LogP contribution in [0.15, 0.2) is 36.5 Å². The summed E-state index contributed by atoms with van der Waals surface area (Å²) in [5.41, 5.74) is 2.35. The fourth-order valence-electron chi connectivity index (χ4n) is 3.83. The molecule has 2 heterocycles. The van der Waals surface area contributed by atoms with Crippen molar-refractivity contribution in [2.24, 2.45) is 11.8 Å². The van der Waals surface area contributed by atoms with E-state index >= 15 is 0 Å². The van der Waals surface area contributed by atoms with Gasteiger partial charge < -0.3 is 9.80 Å². The number of benzene rings is 1. The summed E-state index contributed by atoms with van der Waals surface area (Å²) >= 11 is 0. The maximum absolute atomic E-state index is 12.1. The highest BCUT2D eigenvalue weighted by Gasteiger charge is 2.33. The highest BCUT2D eigenvalue weighted by molar-refractivity contribution is 5.91. The Balaban J connectivity index is 1.39. The van der Waals surface area contributed by atoms with Crippen LogP contribution in [0, 0.1) is 11.8 Å². The van der Waals surface area contributed by atoms with Crippen molar-refractivity contribution >= 4 is 22.5 Å². The number of para-hydroxylation sites is 1. The van der Waals surface area contributed by atoms with Gasteiger partial charge in [-0.25, -0.2) is 0 Å². The number of aromatic nitrogens is 1. The van der Waals surface area contributed by atoms with Gasteiger partial charge in [-0.3, -0.25) is 9.78 Å². The normalized spacial score (nSPS) is 18.8. The molecule has 0 unspecified atom stereocenters. The summed E-state index contributed by atoms with van der Waals surface area (Å²) in [4.78, 5) is 21.0. The van der Waals surface area contributed by atoms with Crippen molar-refractivity contribution in [1.82, 2.24) is 9.88 Å². The van der Waals surface area contributed by atoms with E-state index < -0.39 is 0 Å². The van der Waals surface area contributed by atoms with E-state index in [0.29, 0.717) is 17.7 Å². The van der Waals surface area contributed by atoms with E-state index in [2.05, 4.69) is 34.1 Å². The van der Waals surface area contributed by atoms with E-state index in [1.807, 2.05) is 24.2 Å². The monoisotopic (exact) mass is 323 g/mol. The number of fused-ring (bicyclic) bond motifs is 1. The second-order valence-electron chi connectivity index (χ2n) is 7.27. The van der Waals surface area contributed by atoms with Crippen molar-refractivity contribution < 1.29 is 4.79 Å². The smallest absolute Gasteiger partial charge is 0.225 e. The molecule has 1 aliphatic carbocycles. The summed E-state index contributed by atoms with van der Waals surface area (Å²) in [7, 11) is 1.98. The number of hydrogen-bond donors (Lipinski definition) is 0. The number of amides is 1. The molecule has 0 atom stereocenters. The van der Waals surface area contributed by atoms with Gasteiger partial charge in [-0.2, -0.15) is 0 Å². The summed E-state index contributed by atoms with van der Waals surface area (Å²) < 4.78 is 0. The van der Waals surface area contributed by atoms with E-state index in [4.69, 9.17) is 0 Å². The first-order chi connectivity index (χ1) is 11.7. The molecule has 0 bridgehead atoms. The van der Waals surface area contributed by atoms with Gasteiger partial charge in [-0.1, -0.05) is 18.2 Å². The van der Waals surface area contributed by atoms with Gasteiger partial charge in [0.2, 0.25) is 5.91 Å². The molecule has 1 saturated heterocycles. The molecule has 2 aliphatic rings. The molecular weight excluding hydrogens is 298 g/mol. The van der Waals surface area contributed by atoms with Crippen LogP contribution in [-0.2, 0) is 4.79 Å². The Kier molecular flexibility index (Phi) is 4.13. The molecule has 2 aromatic rings. The molecule has 24 heavy (non-hydrogen) atoms. The lowest BCUT2D eigenvalue weighted by Crippen LogP contribution is -2.40. The first-order valence-corrected chi connectivity index (χ1v) is 9.06. The van der Waals surface area contributed by atoms with E-state index in [0.717, 1.165) is 50.8 Å². The minimum absolute atomic E-state index is 0.332. The van der Waals surface area contributed by atoms with Crippen molar-refractivity contribution in [3.63, 3.8) is 0 Å². The van der Waals surface area contributed by atoms with Crippen molar-refractivity contribution in [2.45, 2.75) is 25.7 Å². The van der Waals surface area contributed by atoms with Gasteiger partial charge in [0, 0.05) is 49.9 Å². The summed E-state index contributed by atoms with van der Waals surface area (Å²) in [5, 5.41) is 1.24. The molecule has 2 fully saturated rings. The predicted molar refractivity (Wildman–Crippen MR) is 97.0 cm³/mol. The van der Waals surface area contributed by atoms with E-state index in [-0.39, 0.29) is 0 Å². The van der Waals surface area contributed by atoms with Crippen LogP contribution in [0.3, 0.4) is 0 Å². The van der Waals surface area contributed by atoms with Crippen molar-refractivity contribution in [3.05, 3.63) is 36.5 Å². The van der Waals surface area contributed by atoms with E-state index in [9.17, 15) is 4.79 Å². The van der Waals surface area contributed by atoms with Crippen LogP contribution in [0.5, 0.6) is 0 Å². The molecule has 4 rings (SSSR count). The molecule has 1 amide bonds. The molecular formula is C20H25N3O. The van der Waals surface area contributed by atoms with Crippen LogP contribution >= 0.6 is 0 Å². The van der Waals surface area contributed by atoms with Gasteiger partial charge in [-0.15, -0.1) is 0 Å². The molecule has 126 valence electrons. The number of carbonyl (C=O) groups excluding carboxylic acids is 1.